The lowest BCUT2D eigenvalue weighted by Crippen LogP contribution is -2.45. The second-order valence-corrected chi connectivity index (χ2v) is 8.01. The molecule has 110 valence electrons. The van der Waals surface area contributed by atoms with E-state index in [1.54, 1.807) is 16.4 Å². The highest BCUT2D eigenvalue weighted by atomic mass is 79.9. The number of halogens is 1. The van der Waals surface area contributed by atoms with Crippen molar-refractivity contribution in [2.24, 2.45) is 5.73 Å². The molecule has 2 heterocycles. The molecule has 2 atom stereocenters. The smallest absolute Gasteiger partial charge is 0.244 e. The van der Waals surface area contributed by atoms with E-state index in [2.05, 4.69) is 15.9 Å². The summed E-state index contributed by atoms with van der Waals surface area (Å²) in [6, 6.07) is 5.22. The highest BCUT2D eigenvalue weighted by Gasteiger charge is 2.39. The summed E-state index contributed by atoms with van der Waals surface area (Å²) in [7, 11) is -3.50. The molecule has 1 aromatic carbocycles. The standard InChI is InChI=1S/C13H17BrN2O3S/c14-12-4-1-9(6-15)5-13(12)20(17,18)16-7-10-2-3-11(8-16)19-10/h1,4-5,10-11H,2-3,6-8,15H2. The Labute approximate surface area is 127 Å². The van der Waals surface area contributed by atoms with Crippen LogP contribution in [0.1, 0.15) is 18.4 Å². The minimum atomic E-state index is -3.50. The van der Waals surface area contributed by atoms with Crippen LogP contribution in [0.2, 0.25) is 0 Å². The molecule has 2 N–H and O–H groups in total. The van der Waals surface area contributed by atoms with E-state index in [1.165, 1.54) is 0 Å². The fourth-order valence-corrected chi connectivity index (χ4v) is 5.26. The third-order valence-electron chi connectivity index (χ3n) is 3.86. The van der Waals surface area contributed by atoms with E-state index in [0.717, 1.165) is 18.4 Å². The summed E-state index contributed by atoms with van der Waals surface area (Å²) in [6.07, 6.45) is 1.97. The molecule has 7 heteroatoms. The average Bonchev–Trinajstić information content (AvgIpc) is 2.77. The predicted octanol–water partition coefficient (Wildman–Crippen LogP) is 1.46. The van der Waals surface area contributed by atoms with E-state index < -0.39 is 10.0 Å². The molecule has 2 saturated heterocycles. The summed E-state index contributed by atoms with van der Waals surface area (Å²) in [5.74, 6) is 0. The zero-order valence-corrected chi connectivity index (χ0v) is 13.4. The van der Waals surface area contributed by atoms with Crippen molar-refractivity contribution >= 4 is 26.0 Å². The van der Waals surface area contributed by atoms with Gasteiger partial charge in [-0.15, -0.1) is 0 Å². The molecule has 0 aliphatic carbocycles. The summed E-state index contributed by atoms with van der Waals surface area (Å²) < 4.78 is 33.4. The Kier molecular flexibility index (Phi) is 3.89. The molecule has 20 heavy (non-hydrogen) atoms. The Morgan fingerprint density at radius 2 is 1.95 bits per heavy atom. The SMILES string of the molecule is NCc1ccc(Br)c(S(=O)(=O)N2CC3CCC(C2)O3)c1. The lowest BCUT2D eigenvalue weighted by atomic mass is 10.2. The van der Waals surface area contributed by atoms with Gasteiger partial charge in [0.25, 0.3) is 0 Å². The van der Waals surface area contributed by atoms with Crippen LogP contribution in [0.5, 0.6) is 0 Å². The molecule has 0 spiro atoms. The maximum absolute atomic E-state index is 12.8. The Bertz CT molecular complexity index is 608. The fourth-order valence-electron chi connectivity index (χ4n) is 2.79. The van der Waals surface area contributed by atoms with Gasteiger partial charge in [0.2, 0.25) is 10.0 Å². The number of benzene rings is 1. The van der Waals surface area contributed by atoms with Crippen LogP contribution < -0.4 is 5.73 Å². The van der Waals surface area contributed by atoms with Crippen LogP contribution in [0.25, 0.3) is 0 Å². The second-order valence-electron chi connectivity index (χ2n) is 5.25. The number of rotatable bonds is 3. The molecular weight excluding hydrogens is 344 g/mol. The van der Waals surface area contributed by atoms with E-state index in [1.807, 2.05) is 6.07 Å². The molecule has 0 saturated carbocycles. The molecular formula is C13H17BrN2O3S. The van der Waals surface area contributed by atoms with E-state index in [9.17, 15) is 8.42 Å². The third kappa shape index (κ3) is 2.53. The molecule has 0 radical (unpaired) electrons. The van der Waals surface area contributed by atoms with Crippen LogP contribution in [0.15, 0.2) is 27.6 Å². The molecule has 2 unspecified atom stereocenters. The highest BCUT2D eigenvalue weighted by molar-refractivity contribution is 9.10. The first-order valence-electron chi connectivity index (χ1n) is 6.65. The van der Waals surface area contributed by atoms with Gasteiger partial charge in [0.1, 0.15) is 0 Å². The first-order chi connectivity index (χ1) is 9.50. The van der Waals surface area contributed by atoms with Crippen molar-refractivity contribution < 1.29 is 13.2 Å². The van der Waals surface area contributed by atoms with Gasteiger partial charge in [-0.2, -0.15) is 4.31 Å². The molecule has 0 aromatic heterocycles. The Hall–Kier alpha value is -0.470. The monoisotopic (exact) mass is 360 g/mol. The maximum atomic E-state index is 12.8. The van der Waals surface area contributed by atoms with Crippen LogP contribution in [-0.2, 0) is 21.3 Å². The highest BCUT2D eigenvalue weighted by Crippen LogP contribution is 2.32. The van der Waals surface area contributed by atoms with Gasteiger partial charge >= 0.3 is 0 Å². The van der Waals surface area contributed by atoms with Gasteiger partial charge in [0.15, 0.2) is 0 Å². The molecule has 5 nitrogen and oxygen atoms in total. The summed E-state index contributed by atoms with van der Waals surface area (Å²) in [5.41, 5.74) is 6.41. The Morgan fingerprint density at radius 3 is 2.55 bits per heavy atom. The number of hydrogen-bond acceptors (Lipinski definition) is 4. The number of sulfonamides is 1. The largest absolute Gasteiger partial charge is 0.372 e. The summed E-state index contributed by atoms with van der Waals surface area (Å²) in [4.78, 5) is 0.293. The number of nitrogens with two attached hydrogens (primary N) is 1. The number of ether oxygens (including phenoxy) is 1. The summed E-state index contributed by atoms with van der Waals surface area (Å²) >= 11 is 3.33. The van der Waals surface area contributed by atoms with Gasteiger partial charge in [-0.3, -0.25) is 0 Å². The van der Waals surface area contributed by atoms with Crippen molar-refractivity contribution in [1.82, 2.24) is 4.31 Å². The lowest BCUT2D eigenvalue weighted by molar-refractivity contribution is -0.0114. The number of fused-ring (bicyclic) bond motifs is 2. The van der Waals surface area contributed by atoms with Gasteiger partial charge in [0.05, 0.1) is 17.1 Å². The van der Waals surface area contributed by atoms with E-state index in [0.29, 0.717) is 29.0 Å². The second kappa shape index (κ2) is 5.38. The molecule has 2 aliphatic rings. The predicted molar refractivity (Wildman–Crippen MR) is 78.7 cm³/mol. The fraction of sp³-hybridized carbons (Fsp3) is 0.538. The van der Waals surface area contributed by atoms with Crippen LogP contribution in [0.3, 0.4) is 0 Å². The molecule has 2 fully saturated rings. The lowest BCUT2D eigenvalue weighted by Gasteiger charge is -2.31. The van der Waals surface area contributed by atoms with Crippen LogP contribution in [0.4, 0.5) is 0 Å². The number of nitrogens with zero attached hydrogens (tertiary/aromatic N) is 1. The minimum absolute atomic E-state index is 0.0417. The van der Waals surface area contributed by atoms with Gasteiger partial charge in [-0.25, -0.2) is 8.42 Å². The molecule has 2 aliphatic heterocycles. The van der Waals surface area contributed by atoms with Crippen molar-refractivity contribution in [3.05, 3.63) is 28.2 Å². The van der Waals surface area contributed by atoms with Gasteiger partial charge in [-0.1, -0.05) is 6.07 Å². The van der Waals surface area contributed by atoms with E-state index in [-0.39, 0.29) is 12.2 Å². The Morgan fingerprint density at radius 1 is 1.30 bits per heavy atom. The van der Waals surface area contributed by atoms with Gasteiger partial charge < -0.3 is 10.5 Å². The normalized spacial score (nSPS) is 26.9. The maximum Gasteiger partial charge on any atom is 0.244 e. The van der Waals surface area contributed by atoms with Gasteiger partial charge in [-0.05, 0) is 46.5 Å². The first-order valence-corrected chi connectivity index (χ1v) is 8.88. The zero-order valence-electron chi connectivity index (χ0n) is 11.0. The van der Waals surface area contributed by atoms with Crippen LogP contribution in [-0.4, -0.2) is 38.0 Å². The third-order valence-corrected chi connectivity index (χ3v) is 6.68. The molecule has 2 bridgehead atoms. The topological polar surface area (TPSA) is 72.6 Å². The first kappa shape index (κ1) is 14.5. The van der Waals surface area contributed by atoms with E-state index in [4.69, 9.17) is 10.5 Å². The quantitative estimate of drug-likeness (QED) is 0.885. The van der Waals surface area contributed by atoms with Crippen molar-refractivity contribution in [1.29, 1.82) is 0 Å². The Balaban J connectivity index is 1.95. The zero-order chi connectivity index (χ0) is 14.3. The van der Waals surface area contributed by atoms with Crippen LogP contribution in [0, 0.1) is 0 Å². The van der Waals surface area contributed by atoms with Crippen molar-refractivity contribution in [2.45, 2.75) is 36.5 Å². The molecule has 3 rings (SSSR count). The summed E-state index contributed by atoms with van der Waals surface area (Å²) in [6.45, 7) is 1.21. The number of hydrogen-bond donors (Lipinski definition) is 1. The van der Waals surface area contributed by atoms with Gasteiger partial charge in [0, 0.05) is 24.1 Å². The minimum Gasteiger partial charge on any atom is -0.372 e. The van der Waals surface area contributed by atoms with Crippen molar-refractivity contribution in [3.63, 3.8) is 0 Å². The number of morpholine rings is 1. The van der Waals surface area contributed by atoms with Crippen molar-refractivity contribution in [2.75, 3.05) is 13.1 Å². The average molecular weight is 361 g/mol. The van der Waals surface area contributed by atoms with Crippen molar-refractivity contribution in [3.8, 4) is 0 Å². The molecule has 1 aromatic rings. The summed E-state index contributed by atoms with van der Waals surface area (Å²) in [5, 5.41) is 0. The molecule has 0 amide bonds. The van der Waals surface area contributed by atoms with Crippen LogP contribution >= 0.6 is 15.9 Å². The van der Waals surface area contributed by atoms with E-state index >= 15 is 0 Å².